The second kappa shape index (κ2) is 5.09. The van der Waals surface area contributed by atoms with E-state index in [4.69, 9.17) is 10.7 Å². The van der Waals surface area contributed by atoms with Gasteiger partial charge in [-0.15, -0.1) is 0 Å². The molecule has 2 heterocycles. The van der Waals surface area contributed by atoms with Crippen LogP contribution in [-0.4, -0.2) is 9.97 Å². The molecule has 0 unspecified atom stereocenters. The van der Waals surface area contributed by atoms with Crippen molar-refractivity contribution in [2.45, 2.75) is 32.6 Å². The zero-order valence-corrected chi connectivity index (χ0v) is 12.8. The van der Waals surface area contributed by atoms with Gasteiger partial charge in [0.1, 0.15) is 5.82 Å². The molecule has 4 rings (SSSR count). The highest BCUT2D eigenvalue weighted by Crippen LogP contribution is 2.33. The van der Waals surface area contributed by atoms with Gasteiger partial charge >= 0.3 is 0 Å². The number of nitrogens with two attached hydrogens (primary N) is 1. The zero-order valence-electron chi connectivity index (χ0n) is 12.8. The summed E-state index contributed by atoms with van der Waals surface area (Å²) in [5.74, 6) is 0.592. The number of fused-ring (bicyclic) bond motifs is 2. The molecule has 0 radical (unpaired) electrons. The van der Waals surface area contributed by atoms with Gasteiger partial charge in [-0.1, -0.05) is 25.1 Å². The predicted molar refractivity (Wildman–Crippen MR) is 90.8 cm³/mol. The lowest BCUT2D eigenvalue weighted by molar-refractivity contribution is 0.901. The highest BCUT2D eigenvalue weighted by molar-refractivity contribution is 5.96. The highest BCUT2D eigenvalue weighted by Gasteiger charge is 2.16. The molecule has 0 amide bonds. The summed E-state index contributed by atoms with van der Waals surface area (Å²) in [5, 5.41) is 1.19. The summed E-state index contributed by atoms with van der Waals surface area (Å²) in [4.78, 5) is 9.43. The van der Waals surface area contributed by atoms with Crippen LogP contribution in [-0.2, 0) is 19.3 Å². The monoisotopic (exact) mass is 289 g/mol. The van der Waals surface area contributed by atoms with Crippen molar-refractivity contribution in [2.75, 3.05) is 5.73 Å². The molecule has 1 aromatic carbocycles. The number of rotatable bonds is 2. The van der Waals surface area contributed by atoms with Crippen LogP contribution >= 0.6 is 0 Å². The van der Waals surface area contributed by atoms with E-state index in [1.165, 1.54) is 23.1 Å². The van der Waals surface area contributed by atoms with Crippen molar-refractivity contribution in [3.8, 4) is 11.1 Å². The van der Waals surface area contributed by atoms with Crippen molar-refractivity contribution in [1.82, 2.24) is 9.97 Å². The van der Waals surface area contributed by atoms with Crippen LogP contribution in [0.25, 0.3) is 22.0 Å². The Hall–Kier alpha value is -2.42. The molecule has 22 heavy (non-hydrogen) atoms. The fourth-order valence-corrected chi connectivity index (χ4v) is 3.32. The second-order valence-corrected chi connectivity index (χ2v) is 5.91. The number of hydrogen-bond donors (Lipinski definition) is 1. The molecule has 110 valence electrons. The first-order valence-electron chi connectivity index (χ1n) is 7.93. The SMILES string of the molecule is CCc1ccc(-c2cccc3cc4c(nc23)CCC4)c(N)n1. The number of para-hydroxylation sites is 1. The molecule has 0 bridgehead atoms. The lowest BCUT2D eigenvalue weighted by atomic mass is 10.0. The first-order chi connectivity index (χ1) is 10.8. The number of anilines is 1. The summed E-state index contributed by atoms with van der Waals surface area (Å²) in [7, 11) is 0. The summed E-state index contributed by atoms with van der Waals surface area (Å²) in [6, 6.07) is 12.7. The lowest BCUT2D eigenvalue weighted by Gasteiger charge is -2.11. The van der Waals surface area contributed by atoms with Crippen LogP contribution in [0.1, 0.15) is 30.3 Å². The third-order valence-electron chi connectivity index (χ3n) is 4.51. The molecule has 0 spiro atoms. The molecule has 1 aliphatic carbocycles. The number of aryl methyl sites for hydroxylation is 3. The van der Waals surface area contributed by atoms with E-state index >= 15 is 0 Å². The van der Waals surface area contributed by atoms with E-state index in [0.717, 1.165) is 41.6 Å². The predicted octanol–water partition coefficient (Wildman–Crippen LogP) is 3.93. The molecule has 0 aliphatic heterocycles. The van der Waals surface area contributed by atoms with Crippen molar-refractivity contribution in [2.24, 2.45) is 0 Å². The topological polar surface area (TPSA) is 51.8 Å². The fourth-order valence-electron chi connectivity index (χ4n) is 3.32. The van der Waals surface area contributed by atoms with Crippen LogP contribution in [0.2, 0.25) is 0 Å². The Kier molecular flexibility index (Phi) is 3.07. The minimum absolute atomic E-state index is 0.592. The summed E-state index contributed by atoms with van der Waals surface area (Å²) in [6.07, 6.45) is 4.34. The highest BCUT2D eigenvalue weighted by atomic mass is 14.8. The van der Waals surface area contributed by atoms with E-state index in [1.807, 2.05) is 0 Å². The molecule has 0 fully saturated rings. The standard InChI is InChI=1S/C19H19N3/c1-2-14-9-10-16(19(20)21-14)15-7-3-6-13-11-12-5-4-8-17(12)22-18(13)15/h3,6-7,9-11H,2,4-5,8H2,1H3,(H2,20,21). The number of benzene rings is 1. The van der Waals surface area contributed by atoms with Crippen molar-refractivity contribution in [3.05, 3.63) is 53.3 Å². The molecule has 2 aromatic heterocycles. The van der Waals surface area contributed by atoms with Gasteiger partial charge in [0.25, 0.3) is 0 Å². The fraction of sp³-hybridized carbons (Fsp3) is 0.263. The van der Waals surface area contributed by atoms with Crippen LogP contribution < -0.4 is 5.73 Å². The van der Waals surface area contributed by atoms with Gasteiger partial charge in [0.15, 0.2) is 0 Å². The maximum Gasteiger partial charge on any atom is 0.131 e. The number of nitrogens with zero attached hydrogens (tertiary/aromatic N) is 2. The molecule has 0 atom stereocenters. The quantitative estimate of drug-likeness (QED) is 0.777. The summed E-state index contributed by atoms with van der Waals surface area (Å²) in [6.45, 7) is 2.09. The Morgan fingerprint density at radius 1 is 1.05 bits per heavy atom. The Morgan fingerprint density at radius 3 is 2.77 bits per heavy atom. The maximum atomic E-state index is 6.19. The van der Waals surface area contributed by atoms with Gasteiger partial charge in [-0.2, -0.15) is 0 Å². The third kappa shape index (κ3) is 2.05. The van der Waals surface area contributed by atoms with Crippen molar-refractivity contribution in [3.63, 3.8) is 0 Å². The van der Waals surface area contributed by atoms with Crippen molar-refractivity contribution < 1.29 is 0 Å². The number of nitrogen functional groups attached to an aromatic ring is 1. The molecule has 3 nitrogen and oxygen atoms in total. The maximum absolute atomic E-state index is 6.19. The normalized spacial score (nSPS) is 13.5. The first kappa shape index (κ1) is 13.3. The Morgan fingerprint density at radius 2 is 1.95 bits per heavy atom. The molecule has 3 aromatic rings. The molecular formula is C19H19N3. The van der Waals surface area contributed by atoms with Gasteiger partial charge in [-0.25, -0.2) is 4.98 Å². The van der Waals surface area contributed by atoms with Gasteiger partial charge in [0.2, 0.25) is 0 Å². The van der Waals surface area contributed by atoms with E-state index in [2.05, 4.69) is 48.3 Å². The van der Waals surface area contributed by atoms with E-state index in [1.54, 1.807) is 0 Å². The summed E-state index contributed by atoms with van der Waals surface area (Å²) in [5.41, 5.74) is 13.0. The van der Waals surface area contributed by atoms with Gasteiger partial charge in [-0.05, 0) is 49.4 Å². The van der Waals surface area contributed by atoms with Gasteiger partial charge in [0, 0.05) is 27.9 Å². The third-order valence-corrected chi connectivity index (χ3v) is 4.51. The molecule has 2 N–H and O–H groups in total. The van der Waals surface area contributed by atoms with Crippen LogP contribution in [0, 0.1) is 0 Å². The van der Waals surface area contributed by atoms with Gasteiger partial charge in [-0.3, -0.25) is 4.98 Å². The second-order valence-electron chi connectivity index (χ2n) is 5.91. The van der Waals surface area contributed by atoms with E-state index < -0.39 is 0 Å². The van der Waals surface area contributed by atoms with Crippen LogP contribution in [0.5, 0.6) is 0 Å². The summed E-state index contributed by atoms with van der Waals surface area (Å²) < 4.78 is 0. The Bertz CT molecular complexity index is 868. The van der Waals surface area contributed by atoms with E-state index in [0.29, 0.717) is 5.82 Å². The molecule has 3 heteroatoms. The Balaban J connectivity index is 1.95. The molecule has 0 saturated carbocycles. The van der Waals surface area contributed by atoms with Crippen LogP contribution in [0.4, 0.5) is 5.82 Å². The average molecular weight is 289 g/mol. The number of aromatic nitrogens is 2. The molecule has 0 saturated heterocycles. The lowest BCUT2D eigenvalue weighted by Crippen LogP contribution is -1.99. The average Bonchev–Trinajstić information content (AvgIpc) is 2.99. The Labute approximate surface area is 130 Å². The minimum Gasteiger partial charge on any atom is -0.383 e. The van der Waals surface area contributed by atoms with Gasteiger partial charge < -0.3 is 5.73 Å². The molecular weight excluding hydrogens is 270 g/mol. The van der Waals surface area contributed by atoms with Crippen LogP contribution in [0.15, 0.2) is 36.4 Å². The van der Waals surface area contributed by atoms with Crippen LogP contribution in [0.3, 0.4) is 0 Å². The number of pyridine rings is 2. The van der Waals surface area contributed by atoms with E-state index in [-0.39, 0.29) is 0 Å². The molecule has 1 aliphatic rings. The van der Waals surface area contributed by atoms with E-state index in [9.17, 15) is 0 Å². The van der Waals surface area contributed by atoms with Gasteiger partial charge in [0.05, 0.1) is 5.52 Å². The first-order valence-corrected chi connectivity index (χ1v) is 7.93. The minimum atomic E-state index is 0.592. The summed E-state index contributed by atoms with van der Waals surface area (Å²) >= 11 is 0. The smallest absolute Gasteiger partial charge is 0.131 e. The zero-order chi connectivity index (χ0) is 15.1. The van der Waals surface area contributed by atoms with Crippen molar-refractivity contribution in [1.29, 1.82) is 0 Å². The largest absolute Gasteiger partial charge is 0.383 e. The number of hydrogen-bond acceptors (Lipinski definition) is 3. The van der Waals surface area contributed by atoms with Crippen molar-refractivity contribution >= 4 is 16.7 Å².